The van der Waals surface area contributed by atoms with E-state index in [1.807, 2.05) is 0 Å². The highest BCUT2D eigenvalue weighted by Gasteiger charge is 2.41. The zero-order valence-corrected chi connectivity index (χ0v) is 13.6. The van der Waals surface area contributed by atoms with Gasteiger partial charge in [-0.25, -0.2) is 13.1 Å². The normalized spacial score (nSPS) is 22.1. The second-order valence-corrected chi connectivity index (χ2v) is 7.74. The molecular weight excluding hydrogens is 347 g/mol. The monoisotopic (exact) mass is 365 g/mol. The zero-order chi connectivity index (χ0) is 17.4. The molecule has 0 unspecified atom stereocenters. The largest absolute Gasteiger partial charge is 0.416 e. The molecule has 1 heterocycles. The van der Waals surface area contributed by atoms with Gasteiger partial charge in [0.15, 0.2) is 5.79 Å². The first kappa shape index (κ1) is 17.7. The van der Waals surface area contributed by atoms with Crippen LogP contribution in [0.3, 0.4) is 0 Å². The summed E-state index contributed by atoms with van der Waals surface area (Å²) in [6, 6.07) is 3.20. The van der Waals surface area contributed by atoms with Crippen molar-refractivity contribution in [1.82, 2.24) is 4.72 Å². The van der Waals surface area contributed by atoms with E-state index < -0.39 is 27.6 Å². The van der Waals surface area contributed by atoms with Gasteiger partial charge in [-0.2, -0.15) is 13.2 Å². The molecule has 5 nitrogen and oxygen atoms in total. The minimum Gasteiger partial charge on any atom is -0.348 e. The number of hydrogen-bond acceptors (Lipinski definition) is 4. The Hall–Kier alpha value is -1.16. The average molecular weight is 365 g/mol. The highest BCUT2D eigenvalue weighted by atomic mass is 32.2. The van der Waals surface area contributed by atoms with E-state index in [0.717, 1.165) is 24.3 Å². The lowest BCUT2D eigenvalue weighted by atomic mass is 9.91. The van der Waals surface area contributed by atoms with Crippen molar-refractivity contribution in [1.29, 1.82) is 0 Å². The zero-order valence-electron chi connectivity index (χ0n) is 12.8. The van der Waals surface area contributed by atoms with Gasteiger partial charge >= 0.3 is 6.18 Å². The molecule has 1 aliphatic carbocycles. The summed E-state index contributed by atoms with van der Waals surface area (Å²) < 4.78 is 76.0. The fraction of sp³-hybridized carbons (Fsp3) is 0.600. The van der Waals surface area contributed by atoms with Crippen LogP contribution in [0.4, 0.5) is 13.2 Å². The van der Waals surface area contributed by atoms with Crippen molar-refractivity contribution >= 4 is 10.0 Å². The maximum atomic E-state index is 12.5. The molecule has 1 aliphatic heterocycles. The number of hydrogen-bond donors (Lipinski definition) is 1. The predicted molar refractivity (Wildman–Crippen MR) is 78.7 cm³/mol. The number of alkyl halides is 3. The number of nitrogens with one attached hydrogen (secondary N) is 1. The summed E-state index contributed by atoms with van der Waals surface area (Å²) in [7, 11) is -3.86. The lowest BCUT2D eigenvalue weighted by molar-refractivity contribution is -0.178. The Kier molecular flexibility index (Phi) is 4.63. The molecule has 0 radical (unpaired) electrons. The van der Waals surface area contributed by atoms with Crippen LogP contribution in [0.2, 0.25) is 0 Å². The van der Waals surface area contributed by atoms with E-state index in [1.165, 1.54) is 0 Å². The Morgan fingerprint density at radius 2 is 1.58 bits per heavy atom. The van der Waals surface area contributed by atoms with Gasteiger partial charge in [0.1, 0.15) is 0 Å². The number of benzene rings is 1. The van der Waals surface area contributed by atoms with Crippen LogP contribution in [-0.2, 0) is 25.7 Å². The Labute approximate surface area is 138 Å². The van der Waals surface area contributed by atoms with Crippen molar-refractivity contribution < 1.29 is 31.1 Å². The lowest BCUT2D eigenvalue weighted by Crippen LogP contribution is -2.43. The van der Waals surface area contributed by atoms with Crippen molar-refractivity contribution in [2.75, 3.05) is 13.2 Å². The SMILES string of the molecule is O=S(=O)(NC1CCC2(CC1)OCCO2)c1ccc(C(F)(F)F)cc1. The van der Waals surface area contributed by atoms with Crippen molar-refractivity contribution in [3.63, 3.8) is 0 Å². The molecule has 0 amide bonds. The molecule has 2 aliphatic rings. The first-order valence-corrected chi connectivity index (χ1v) is 9.16. The molecule has 1 spiro atoms. The summed E-state index contributed by atoms with van der Waals surface area (Å²) in [6.45, 7) is 1.09. The molecule has 3 rings (SSSR count). The highest BCUT2D eigenvalue weighted by Crippen LogP contribution is 2.36. The predicted octanol–water partition coefficient (Wildman–Crippen LogP) is 2.67. The molecule has 0 aromatic heterocycles. The van der Waals surface area contributed by atoms with Crippen LogP contribution >= 0.6 is 0 Å². The van der Waals surface area contributed by atoms with Crippen molar-refractivity contribution in [3.8, 4) is 0 Å². The summed E-state index contributed by atoms with van der Waals surface area (Å²) in [5.41, 5.74) is -0.878. The van der Waals surface area contributed by atoms with Crippen LogP contribution in [0, 0.1) is 0 Å². The number of sulfonamides is 1. The average Bonchev–Trinajstić information content (AvgIpc) is 2.97. The molecule has 0 atom stereocenters. The number of ether oxygens (including phenoxy) is 2. The number of halogens is 3. The molecule has 9 heteroatoms. The smallest absolute Gasteiger partial charge is 0.348 e. The van der Waals surface area contributed by atoms with Crippen molar-refractivity contribution in [2.24, 2.45) is 0 Å². The third kappa shape index (κ3) is 3.74. The summed E-state index contributed by atoms with van der Waals surface area (Å²) in [5, 5.41) is 0. The standard InChI is InChI=1S/C15H18F3NO4S/c16-15(17,18)11-1-3-13(4-2-11)24(20,21)19-12-5-7-14(8-6-12)22-9-10-23-14/h1-4,12,19H,5-10H2. The fourth-order valence-corrected chi connectivity index (χ4v) is 4.38. The molecular formula is C15H18F3NO4S. The summed E-state index contributed by atoms with van der Waals surface area (Å²) in [6.07, 6.45) is -2.20. The van der Waals surface area contributed by atoms with E-state index in [9.17, 15) is 21.6 Å². The number of rotatable bonds is 3. The van der Waals surface area contributed by atoms with E-state index in [0.29, 0.717) is 38.9 Å². The molecule has 1 aromatic carbocycles. The molecule has 2 fully saturated rings. The van der Waals surface area contributed by atoms with Crippen LogP contribution in [0.1, 0.15) is 31.2 Å². The quantitative estimate of drug-likeness (QED) is 0.895. The van der Waals surface area contributed by atoms with Gasteiger partial charge in [0.2, 0.25) is 10.0 Å². The minimum atomic E-state index is -4.49. The van der Waals surface area contributed by atoms with Crippen LogP contribution in [0.5, 0.6) is 0 Å². The first-order chi connectivity index (χ1) is 11.2. The maximum Gasteiger partial charge on any atom is 0.416 e. The van der Waals surface area contributed by atoms with Crippen molar-refractivity contribution in [2.45, 2.75) is 48.6 Å². The Balaban J connectivity index is 1.64. The second kappa shape index (κ2) is 6.29. The van der Waals surface area contributed by atoms with Gasteiger partial charge in [-0.1, -0.05) is 0 Å². The van der Waals surface area contributed by atoms with Gasteiger partial charge in [-0.3, -0.25) is 0 Å². The van der Waals surface area contributed by atoms with E-state index in [1.54, 1.807) is 0 Å². The van der Waals surface area contributed by atoms with Gasteiger partial charge in [-0.15, -0.1) is 0 Å². The summed E-state index contributed by atoms with van der Waals surface area (Å²) in [4.78, 5) is -0.177. The van der Waals surface area contributed by atoms with Gasteiger partial charge in [0.25, 0.3) is 0 Å². The van der Waals surface area contributed by atoms with Crippen LogP contribution in [0.25, 0.3) is 0 Å². The van der Waals surface area contributed by atoms with Gasteiger partial charge in [0, 0.05) is 18.9 Å². The summed E-state index contributed by atoms with van der Waals surface area (Å²) >= 11 is 0. The fourth-order valence-electron chi connectivity index (χ4n) is 3.07. The molecule has 0 bridgehead atoms. The van der Waals surface area contributed by atoms with E-state index in [-0.39, 0.29) is 10.9 Å². The van der Waals surface area contributed by atoms with E-state index in [4.69, 9.17) is 9.47 Å². The molecule has 1 aromatic rings. The molecule has 1 saturated carbocycles. The first-order valence-electron chi connectivity index (χ1n) is 7.68. The van der Waals surface area contributed by atoms with E-state index >= 15 is 0 Å². The second-order valence-electron chi connectivity index (χ2n) is 6.03. The van der Waals surface area contributed by atoms with E-state index in [2.05, 4.69) is 4.72 Å². The van der Waals surface area contributed by atoms with Gasteiger partial charge in [0.05, 0.1) is 23.7 Å². The topological polar surface area (TPSA) is 64.6 Å². The maximum absolute atomic E-state index is 12.5. The molecule has 24 heavy (non-hydrogen) atoms. The van der Waals surface area contributed by atoms with Crippen LogP contribution < -0.4 is 4.72 Å². The molecule has 1 saturated heterocycles. The third-order valence-electron chi connectivity index (χ3n) is 4.37. The van der Waals surface area contributed by atoms with Gasteiger partial charge in [-0.05, 0) is 37.1 Å². The Morgan fingerprint density at radius 1 is 1.04 bits per heavy atom. The van der Waals surface area contributed by atoms with Crippen LogP contribution in [0.15, 0.2) is 29.2 Å². The Morgan fingerprint density at radius 3 is 2.08 bits per heavy atom. The lowest BCUT2D eigenvalue weighted by Gasteiger charge is -2.35. The molecule has 134 valence electrons. The third-order valence-corrected chi connectivity index (χ3v) is 5.91. The highest BCUT2D eigenvalue weighted by molar-refractivity contribution is 7.89. The van der Waals surface area contributed by atoms with Gasteiger partial charge < -0.3 is 9.47 Å². The Bertz CT molecular complexity index is 672. The van der Waals surface area contributed by atoms with Crippen molar-refractivity contribution in [3.05, 3.63) is 29.8 Å². The molecule has 1 N–H and O–H groups in total. The minimum absolute atomic E-state index is 0.177. The van der Waals surface area contributed by atoms with Crippen LogP contribution in [-0.4, -0.2) is 33.5 Å². The summed E-state index contributed by atoms with van der Waals surface area (Å²) in [5.74, 6) is -0.587.